The Bertz CT molecular complexity index is 707. The van der Waals surface area contributed by atoms with Gasteiger partial charge in [0.05, 0.1) is 6.54 Å². The molecule has 0 radical (unpaired) electrons. The molecule has 0 saturated carbocycles. The number of nitrogens with one attached hydrogen (secondary N) is 1. The second kappa shape index (κ2) is 8.06. The number of nitrogens with zero attached hydrogens (tertiary/aromatic N) is 6. The van der Waals surface area contributed by atoms with Crippen LogP contribution >= 0.6 is 0 Å². The largest absolute Gasteiger partial charge is 0.322 e. The number of tetrazole rings is 1. The number of amides is 2. The molecular weight excluding hydrogens is 318 g/mol. The zero-order valence-electron chi connectivity index (χ0n) is 14.9. The minimum absolute atomic E-state index is 0.0407. The Morgan fingerprint density at radius 1 is 1.24 bits per heavy atom. The van der Waals surface area contributed by atoms with Crippen molar-refractivity contribution in [2.24, 2.45) is 0 Å². The van der Waals surface area contributed by atoms with Crippen LogP contribution in [0.15, 0.2) is 24.3 Å². The van der Waals surface area contributed by atoms with Crippen molar-refractivity contribution in [3.63, 3.8) is 0 Å². The van der Waals surface area contributed by atoms with Gasteiger partial charge in [-0.1, -0.05) is 19.1 Å². The zero-order valence-corrected chi connectivity index (χ0v) is 14.9. The van der Waals surface area contributed by atoms with E-state index in [1.54, 1.807) is 0 Å². The maximum atomic E-state index is 12.4. The van der Waals surface area contributed by atoms with Crippen LogP contribution in [0.2, 0.25) is 0 Å². The van der Waals surface area contributed by atoms with Gasteiger partial charge in [-0.15, -0.1) is 5.10 Å². The molecule has 1 N–H and O–H groups in total. The predicted molar refractivity (Wildman–Crippen MR) is 95.2 cm³/mol. The fraction of sp³-hybridized carbons (Fsp3) is 0.529. The topological polar surface area (TPSA) is 79.2 Å². The molecule has 1 saturated heterocycles. The quantitative estimate of drug-likeness (QED) is 0.894. The van der Waals surface area contributed by atoms with E-state index in [1.165, 1.54) is 0 Å². The fourth-order valence-electron chi connectivity index (χ4n) is 2.96. The van der Waals surface area contributed by atoms with E-state index in [9.17, 15) is 4.79 Å². The summed E-state index contributed by atoms with van der Waals surface area (Å²) in [5.41, 5.74) is 1.97. The van der Waals surface area contributed by atoms with Crippen molar-refractivity contribution >= 4 is 11.7 Å². The van der Waals surface area contributed by atoms with Crippen LogP contribution in [0.5, 0.6) is 0 Å². The first-order valence-corrected chi connectivity index (χ1v) is 8.75. The molecule has 1 fully saturated rings. The molecule has 2 heterocycles. The van der Waals surface area contributed by atoms with E-state index in [1.807, 2.05) is 40.8 Å². The molecule has 25 heavy (non-hydrogen) atoms. The van der Waals surface area contributed by atoms with Crippen LogP contribution in [-0.4, -0.2) is 62.2 Å². The summed E-state index contributed by atoms with van der Waals surface area (Å²) in [5, 5.41) is 14.9. The molecule has 0 spiro atoms. The van der Waals surface area contributed by atoms with Gasteiger partial charge >= 0.3 is 6.03 Å². The van der Waals surface area contributed by atoms with Crippen LogP contribution in [0.4, 0.5) is 10.5 Å². The predicted octanol–water partition coefficient (Wildman–Crippen LogP) is 1.74. The number of hydrogen-bond acceptors (Lipinski definition) is 5. The van der Waals surface area contributed by atoms with Gasteiger partial charge in [0, 0.05) is 38.4 Å². The van der Waals surface area contributed by atoms with Crippen molar-refractivity contribution in [1.29, 1.82) is 0 Å². The molecular formula is C17H25N7O. The highest BCUT2D eigenvalue weighted by molar-refractivity contribution is 5.89. The van der Waals surface area contributed by atoms with Crippen molar-refractivity contribution in [3.8, 4) is 0 Å². The number of carbonyl (C=O) groups excluding carboxylic acids is 1. The lowest BCUT2D eigenvalue weighted by atomic mass is 10.2. The highest BCUT2D eigenvalue weighted by Crippen LogP contribution is 2.12. The minimum Gasteiger partial charge on any atom is -0.322 e. The number of piperazine rings is 1. The number of hydrogen-bond donors (Lipinski definition) is 1. The summed E-state index contributed by atoms with van der Waals surface area (Å²) in [7, 11) is 0. The molecule has 3 rings (SSSR count). The first-order valence-electron chi connectivity index (χ1n) is 8.75. The molecule has 134 valence electrons. The monoisotopic (exact) mass is 343 g/mol. The third-order valence-electron chi connectivity index (χ3n) is 4.34. The van der Waals surface area contributed by atoms with Crippen molar-refractivity contribution < 1.29 is 4.79 Å². The number of aryl methyl sites for hydroxylation is 2. The number of carbonyl (C=O) groups is 1. The van der Waals surface area contributed by atoms with Gasteiger partial charge in [0.1, 0.15) is 0 Å². The Kier molecular flexibility index (Phi) is 5.60. The van der Waals surface area contributed by atoms with Crippen molar-refractivity contribution in [1.82, 2.24) is 30.0 Å². The molecule has 8 heteroatoms. The smallest absolute Gasteiger partial charge is 0.321 e. The van der Waals surface area contributed by atoms with E-state index in [-0.39, 0.29) is 6.03 Å². The number of anilines is 1. The third-order valence-corrected chi connectivity index (χ3v) is 4.34. The van der Waals surface area contributed by atoms with E-state index in [0.717, 1.165) is 49.7 Å². The highest BCUT2D eigenvalue weighted by Gasteiger charge is 2.22. The molecule has 0 atom stereocenters. The molecule has 1 aliphatic heterocycles. The lowest BCUT2D eigenvalue weighted by molar-refractivity contribution is 0.139. The average Bonchev–Trinajstić information content (AvgIpc) is 3.03. The molecule has 2 aromatic rings. The maximum absolute atomic E-state index is 12.4. The molecule has 0 aliphatic carbocycles. The second-order valence-electron chi connectivity index (χ2n) is 6.38. The molecule has 0 bridgehead atoms. The van der Waals surface area contributed by atoms with Crippen LogP contribution in [0.25, 0.3) is 0 Å². The van der Waals surface area contributed by atoms with Gasteiger partial charge in [-0.25, -0.2) is 9.48 Å². The first-order chi connectivity index (χ1) is 12.2. The summed E-state index contributed by atoms with van der Waals surface area (Å²) in [4.78, 5) is 16.5. The Labute approximate surface area is 147 Å². The number of aromatic nitrogens is 4. The summed E-state index contributed by atoms with van der Waals surface area (Å²) in [6.45, 7) is 8.72. The number of rotatable bonds is 5. The summed E-state index contributed by atoms with van der Waals surface area (Å²) in [6.07, 6.45) is 1.00. The first kappa shape index (κ1) is 17.3. The summed E-state index contributed by atoms with van der Waals surface area (Å²) in [5.74, 6) is 0.888. The zero-order chi connectivity index (χ0) is 17.6. The number of urea groups is 1. The van der Waals surface area contributed by atoms with Gasteiger partial charge in [0.2, 0.25) is 0 Å². The number of benzene rings is 1. The van der Waals surface area contributed by atoms with Gasteiger partial charge in [-0.3, -0.25) is 4.90 Å². The van der Waals surface area contributed by atoms with E-state index >= 15 is 0 Å². The van der Waals surface area contributed by atoms with Crippen LogP contribution in [0.3, 0.4) is 0 Å². The molecule has 1 aromatic carbocycles. The summed E-state index contributed by atoms with van der Waals surface area (Å²) >= 11 is 0. The maximum Gasteiger partial charge on any atom is 0.321 e. The summed E-state index contributed by atoms with van der Waals surface area (Å²) in [6, 6.07) is 7.81. The lowest BCUT2D eigenvalue weighted by Gasteiger charge is -2.34. The normalized spacial score (nSPS) is 15.4. The summed E-state index contributed by atoms with van der Waals surface area (Å²) < 4.78 is 1.86. The van der Waals surface area contributed by atoms with E-state index in [0.29, 0.717) is 13.1 Å². The van der Waals surface area contributed by atoms with Crippen LogP contribution in [-0.2, 0) is 13.1 Å². The molecule has 1 aromatic heterocycles. The molecule has 0 unspecified atom stereocenters. The van der Waals surface area contributed by atoms with Gasteiger partial charge < -0.3 is 10.2 Å². The van der Waals surface area contributed by atoms with Gasteiger partial charge in [-0.05, 0) is 41.5 Å². The van der Waals surface area contributed by atoms with E-state index in [4.69, 9.17) is 0 Å². The van der Waals surface area contributed by atoms with Gasteiger partial charge in [0.15, 0.2) is 5.82 Å². The van der Waals surface area contributed by atoms with Crippen molar-refractivity contribution in [2.45, 2.75) is 33.4 Å². The Balaban J connectivity index is 1.49. The fourth-order valence-corrected chi connectivity index (χ4v) is 2.96. The highest BCUT2D eigenvalue weighted by atomic mass is 16.2. The SMILES string of the molecule is CCCn1nnnc1CN1CCN(C(=O)Nc2cccc(C)c2)CC1. The Morgan fingerprint density at radius 2 is 2.04 bits per heavy atom. The van der Waals surface area contributed by atoms with Gasteiger partial charge in [-0.2, -0.15) is 0 Å². The second-order valence-corrected chi connectivity index (χ2v) is 6.38. The molecule has 8 nitrogen and oxygen atoms in total. The van der Waals surface area contributed by atoms with E-state index in [2.05, 4.69) is 32.7 Å². The lowest BCUT2D eigenvalue weighted by Crippen LogP contribution is -2.49. The molecule has 2 amide bonds. The Hall–Kier alpha value is -2.48. The van der Waals surface area contributed by atoms with Gasteiger partial charge in [0.25, 0.3) is 0 Å². The minimum atomic E-state index is -0.0407. The van der Waals surface area contributed by atoms with Crippen molar-refractivity contribution in [2.75, 3.05) is 31.5 Å². The third kappa shape index (κ3) is 4.54. The Morgan fingerprint density at radius 3 is 2.76 bits per heavy atom. The van der Waals surface area contributed by atoms with Crippen LogP contribution in [0, 0.1) is 6.92 Å². The molecule has 1 aliphatic rings. The van der Waals surface area contributed by atoms with E-state index < -0.39 is 0 Å². The standard InChI is InChI=1S/C17H25N7O/c1-3-7-24-16(19-20-21-24)13-22-8-10-23(11-9-22)17(25)18-15-6-4-5-14(2)12-15/h4-6,12H,3,7-11,13H2,1-2H3,(H,18,25). The van der Waals surface area contributed by atoms with Crippen LogP contribution < -0.4 is 5.32 Å². The van der Waals surface area contributed by atoms with Crippen LogP contribution in [0.1, 0.15) is 24.7 Å². The van der Waals surface area contributed by atoms with Crippen molar-refractivity contribution in [3.05, 3.63) is 35.7 Å². The average molecular weight is 343 g/mol.